The van der Waals surface area contributed by atoms with Crippen molar-refractivity contribution in [2.24, 2.45) is 11.7 Å². The first-order chi connectivity index (χ1) is 9.35. The van der Waals surface area contributed by atoms with Gasteiger partial charge in [0.05, 0.1) is 12.7 Å². The van der Waals surface area contributed by atoms with Gasteiger partial charge in [-0.25, -0.2) is 0 Å². The molecule has 0 bridgehead atoms. The average molecular weight is 294 g/mol. The minimum atomic E-state index is 0.372. The van der Waals surface area contributed by atoms with Crippen LogP contribution in [0.25, 0.3) is 0 Å². The van der Waals surface area contributed by atoms with Gasteiger partial charge in [0.25, 0.3) is 0 Å². The summed E-state index contributed by atoms with van der Waals surface area (Å²) < 4.78 is 5.38. The number of hydrogen-bond acceptors (Lipinski definition) is 3. The van der Waals surface area contributed by atoms with E-state index in [-0.39, 0.29) is 0 Å². The summed E-state index contributed by atoms with van der Waals surface area (Å²) in [6, 6.07) is 6.57. The van der Waals surface area contributed by atoms with Gasteiger partial charge in [-0.15, -0.1) is 0 Å². The third-order valence-corrected chi connectivity index (χ3v) is 3.47. The molecule has 20 heavy (non-hydrogen) atoms. The predicted molar refractivity (Wildman–Crippen MR) is 89.3 cm³/mol. The average Bonchev–Trinajstić information content (AvgIpc) is 2.36. The minimum absolute atomic E-state index is 0.372. The summed E-state index contributed by atoms with van der Waals surface area (Å²) >= 11 is 5.03. The van der Waals surface area contributed by atoms with E-state index in [4.69, 9.17) is 22.7 Å². The summed E-state index contributed by atoms with van der Waals surface area (Å²) in [4.78, 5) is 2.83. The van der Waals surface area contributed by atoms with Crippen molar-refractivity contribution in [2.75, 3.05) is 13.7 Å². The maximum atomic E-state index is 5.70. The van der Waals surface area contributed by atoms with E-state index >= 15 is 0 Å². The first-order valence-corrected chi connectivity index (χ1v) is 7.46. The summed E-state index contributed by atoms with van der Waals surface area (Å²) in [5.41, 5.74) is 7.71. The summed E-state index contributed by atoms with van der Waals surface area (Å²) in [5.74, 6) is 1.40. The topological polar surface area (TPSA) is 38.5 Å². The van der Waals surface area contributed by atoms with Gasteiger partial charge in [-0.3, -0.25) is 4.90 Å². The van der Waals surface area contributed by atoms with E-state index in [9.17, 15) is 0 Å². The fourth-order valence-electron chi connectivity index (χ4n) is 2.20. The molecule has 112 valence electrons. The van der Waals surface area contributed by atoms with Crippen LogP contribution in [-0.2, 0) is 6.54 Å². The highest BCUT2D eigenvalue weighted by molar-refractivity contribution is 7.80. The van der Waals surface area contributed by atoms with Crippen LogP contribution in [-0.4, -0.2) is 29.6 Å². The lowest BCUT2D eigenvalue weighted by Crippen LogP contribution is -2.33. The van der Waals surface area contributed by atoms with Crippen LogP contribution in [0, 0.1) is 5.92 Å². The Bertz CT molecular complexity index is 458. The highest BCUT2D eigenvalue weighted by Gasteiger charge is 2.13. The number of nitrogens with zero attached hydrogens (tertiary/aromatic N) is 1. The molecule has 3 nitrogen and oxygen atoms in total. The monoisotopic (exact) mass is 294 g/mol. The molecule has 0 fully saturated rings. The Hall–Kier alpha value is -1.13. The smallest absolute Gasteiger partial charge is 0.129 e. The highest BCUT2D eigenvalue weighted by Crippen LogP contribution is 2.22. The largest absolute Gasteiger partial charge is 0.496 e. The predicted octanol–water partition coefficient (Wildman–Crippen LogP) is 3.20. The van der Waals surface area contributed by atoms with Crippen LogP contribution in [0.4, 0.5) is 0 Å². The van der Waals surface area contributed by atoms with Crippen molar-refractivity contribution in [2.45, 2.75) is 40.3 Å². The van der Waals surface area contributed by atoms with E-state index in [1.54, 1.807) is 7.11 Å². The molecule has 0 aliphatic carbocycles. The van der Waals surface area contributed by atoms with Crippen LogP contribution in [0.1, 0.15) is 38.8 Å². The zero-order chi connectivity index (χ0) is 15.3. The Balaban J connectivity index is 2.93. The molecular weight excluding hydrogens is 268 g/mol. The van der Waals surface area contributed by atoms with Gasteiger partial charge >= 0.3 is 0 Å². The quantitative estimate of drug-likeness (QED) is 0.784. The van der Waals surface area contributed by atoms with Crippen LogP contribution in [0.5, 0.6) is 5.75 Å². The Morgan fingerprint density at radius 3 is 2.40 bits per heavy atom. The summed E-state index contributed by atoms with van der Waals surface area (Å²) in [5, 5.41) is 0. The first kappa shape index (κ1) is 16.9. The second kappa shape index (κ2) is 7.60. The van der Waals surface area contributed by atoms with Crippen LogP contribution in [0.15, 0.2) is 18.2 Å². The van der Waals surface area contributed by atoms with Crippen LogP contribution in [0.2, 0.25) is 0 Å². The van der Waals surface area contributed by atoms with Gasteiger partial charge in [0.2, 0.25) is 0 Å². The lowest BCUT2D eigenvalue weighted by atomic mass is 10.1. The van der Waals surface area contributed by atoms with Crippen LogP contribution >= 0.6 is 12.2 Å². The van der Waals surface area contributed by atoms with E-state index in [2.05, 4.69) is 38.7 Å². The lowest BCUT2D eigenvalue weighted by Gasteiger charge is -2.28. The Morgan fingerprint density at radius 2 is 1.95 bits per heavy atom. The summed E-state index contributed by atoms with van der Waals surface area (Å²) in [6.45, 7) is 10.9. The molecule has 1 aromatic rings. The Labute approximate surface area is 128 Å². The van der Waals surface area contributed by atoms with Crippen molar-refractivity contribution in [1.29, 1.82) is 0 Å². The highest BCUT2D eigenvalue weighted by atomic mass is 32.1. The molecule has 0 saturated heterocycles. The number of benzene rings is 1. The molecule has 0 radical (unpaired) electrons. The SMILES string of the molecule is COc1cc(CN(CC(C)C)C(C)C)ccc1C(N)=S. The zero-order valence-corrected chi connectivity index (χ0v) is 14.0. The lowest BCUT2D eigenvalue weighted by molar-refractivity contribution is 0.189. The molecule has 0 atom stereocenters. The molecule has 0 unspecified atom stereocenters. The molecule has 0 aliphatic heterocycles. The molecule has 0 saturated carbocycles. The van der Waals surface area contributed by atoms with Crippen molar-refractivity contribution >= 4 is 17.2 Å². The van der Waals surface area contributed by atoms with E-state index in [1.807, 2.05) is 12.1 Å². The van der Waals surface area contributed by atoms with Crippen LogP contribution in [0.3, 0.4) is 0 Å². The van der Waals surface area contributed by atoms with Crippen molar-refractivity contribution in [1.82, 2.24) is 4.90 Å². The molecule has 1 rings (SSSR count). The van der Waals surface area contributed by atoms with Crippen molar-refractivity contribution in [3.63, 3.8) is 0 Å². The second-order valence-corrected chi connectivity index (χ2v) is 6.26. The number of rotatable bonds is 7. The summed E-state index contributed by atoms with van der Waals surface area (Å²) in [7, 11) is 1.65. The van der Waals surface area contributed by atoms with E-state index in [1.165, 1.54) is 5.56 Å². The van der Waals surface area contributed by atoms with E-state index in [0.717, 1.165) is 24.4 Å². The normalized spacial score (nSPS) is 11.4. The van der Waals surface area contributed by atoms with Gasteiger partial charge in [-0.2, -0.15) is 0 Å². The van der Waals surface area contributed by atoms with Crippen molar-refractivity contribution in [3.8, 4) is 5.75 Å². The number of methoxy groups -OCH3 is 1. The maximum Gasteiger partial charge on any atom is 0.129 e. The van der Waals surface area contributed by atoms with Crippen molar-refractivity contribution in [3.05, 3.63) is 29.3 Å². The number of hydrogen-bond donors (Lipinski definition) is 1. The fourth-order valence-corrected chi connectivity index (χ4v) is 2.37. The Kier molecular flexibility index (Phi) is 6.43. The number of ether oxygens (including phenoxy) is 1. The molecule has 4 heteroatoms. The first-order valence-electron chi connectivity index (χ1n) is 7.06. The molecule has 0 amide bonds. The Morgan fingerprint density at radius 1 is 1.30 bits per heavy atom. The minimum Gasteiger partial charge on any atom is -0.496 e. The third kappa shape index (κ3) is 4.76. The van der Waals surface area contributed by atoms with E-state index in [0.29, 0.717) is 16.9 Å². The second-order valence-electron chi connectivity index (χ2n) is 5.82. The molecule has 0 aliphatic rings. The van der Waals surface area contributed by atoms with Crippen molar-refractivity contribution < 1.29 is 4.74 Å². The van der Waals surface area contributed by atoms with Gasteiger partial charge in [-0.1, -0.05) is 32.1 Å². The molecular formula is C16H26N2OS. The fraction of sp³-hybridized carbons (Fsp3) is 0.562. The molecule has 0 aromatic heterocycles. The number of thiocarbonyl (C=S) groups is 1. The molecule has 0 spiro atoms. The third-order valence-electron chi connectivity index (χ3n) is 3.25. The van der Waals surface area contributed by atoms with Gasteiger partial charge in [0, 0.05) is 19.1 Å². The van der Waals surface area contributed by atoms with Gasteiger partial charge in [0.1, 0.15) is 10.7 Å². The zero-order valence-electron chi connectivity index (χ0n) is 13.1. The van der Waals surface area contributed by atoms with Gasteiger partial charge < -0.3 is 10.5 Å². The van der Waals surface area contributed by atoms with Crippen LogP contribution < -0.4 is 10.5 Å². The molecule has 0 heterocycles. The van der Waals surface area contributed by atoms with Gasteiger partial charge in [-0.05, 0) is 37.5 Å². The van der Waals surface area contributed by atoms with Gasteiger partial charge in [0.15, 0.2) is 0 Å². The summed E-state index contributed by atoms with van der Waals surface area (Å²) in [6.07, 6.45) is 0. The maximum absolute atomic E-state index is 5.70. The molecule has 1 aromatic carbocycles. The number of nitrogens with two attached hydrogens (primary N) is 1. The van der Waals surface area contributed by atoms with E-state index < -0.39 is 0 Å². The standard InChI is InChI=1S/C16H26N2OS/c1-11(2)9-18(12(3)4)10-13-6-7-14(16(17)20)15(8-13)19-5/h6-8,11-12H,9-10H2,1-5H3,(H2,17,20). The molecule has 2 N–H and O–H groups in total.